The number of benzene rings is 1. The minimum atomic E-state index is 0.717. The number of fused-ring (bicyclic) bond motifs is 1. The van der Waals surface area contributed by atoms with Crippen LogP contribution >= 0.6 is 0 Å². The maximum atomic E-state index is 5.92. The van der Waals surface area contributed by atoms with Crippen LogP contribution in [0, 0.1) is 0 Å². The Balaban J connectivity index is 2.20. The first kappa shape index (κ1) is 7.92. The Labute approximate surface area is 83.3 Å². The van der Waals surface area contributed by atoms with E-state index in [1.165, 1.54) is 30.2 Å². The number of nitrogens with zero attached hydrogens (tertiary/aromatic N) is 1. The quantitative estimate of drug-likeness (QED) is 0.682. The van der Waals surface area contributed by atoms with E-state index in [9.17, 15) is 0 Å². The molecule has 1 aliphatic carbocycles. The molecule has 2 heteroatoms. The Morgan fingerprint density at radius 2 is 2.07 bits per heavy atom. The molecule has 1 heterocycles. The van der Waals surface area contributed by atoms with Gasteiger partial charge in [0.15, 0.2) is 0 Å². The van der Waals surface area contributed by atoms with E-state index in [1.54, 1.807) is 0 Å². The Kier molecular flexibility index (Phi) is 1.57. The molecule has 1 aromatic heterocycles. The molecule has 0 radical (unpaired) electrons. The zero-order valence-corrected chi connectivity index (χ0v) is 8.11. The lowest BCUT2D eigenvalue weighted by molar-refractivity contribution is 0.321. The van der Waals surface area contributed by atoms with Gasteiger partial charge in [0.2, 0.25) is 0 Å². The molecule has 0 bridgehead atoms. The van der Waals surface area contributed by atoms with E-state index in [2.05, 4.69) is 22.9 Å². The molecule has 0 unspecified atom stereocenters. The molecule has 1 fully saturated rings. The lowest BCUT2D eigenvalue weighted by atomic mass is 9.93. The first-order valence-corrected chi connectivity index (χ1v) is 5.21. The molecule has 2 nitrogen and oxygen atoms in total. The van der Waals surface area contributed by atoms with E-state index in [4.69, 9.17) is 5.73 Å². The summed E-state index contributed by atoms with van der Waals surface area (Å²) in [5.74, 6) is 0. The van der Waals surface area contributed by atoms with Crippen LogP contribution in [-0.4, -0.2) is 4.57 Å². The summed E-state index contributed by atoms with van der Waals surface area (Å²) in [5, 5.41) is 1.19. The van der Waals surface area contributed by atoms with Gasteiger partial charge in [-0.2, -0.15) is 0 Å². The van der Waals surface area contributed by atoms with Crippen molar-refractivity contribution in [2.24, 2.45) is 0 Å². The van der Waals surface area contributed by atoms with Crippen LogP contribution in [0.15, 0.2) is 30.5 Å². The van der Waals surface area contributed by atoms with Crippen molar-refractivity contribution in [3.8, 4) is 0 Å². The maximum Gasteiger partial charge on any atom is 0.0503 e. The summed E-state index contributed by atoms with van der Waals surface area (Å²) in [5.41, 5.74) is 8.09. The third-order valence-corrected chi connectivity index (χ3v) is 3.26. The number of nitrogen functional groups attached to an aromatic ring is 1. The van der Waals surface area contributed by atoms with Crippen LogP contribution in [0.3, 0.4) is 0 Å². The highest BCUT2D eigenvalue weighted by molar-refractivity contribution is 5.91. The fraction of sp³-hybridized carbons (Fsp3) is 0.333. The first-order chi connectivity index (χ1) is 6.86. The summed E-state index contributed by atoms with van der Waals surface area (Å²) in [4.78, 5) is 0. The number of hydrogen-bond donors (Lipinski definition) is 1. The second-order valence-corrected chi connectivity index (χ2v) is 4.09. The SMILES string of the molecule is Nc1cccc2c1ccn2C1CCC1. The van der Waals surface area contributed by atoms with E-state index >= 15 is 0 Å². The number of nitrogens with two attached hydrogens (primary N) is 1. The molecule has 0 atom stereocenters. The van der Waals surface area contributed by atoms with E-state index in [-0.39, 0.29) is 0 Å². The summed E-state index contributed by atoms with van der Waals surface area (Å²) in [7, 11) is 0. The maximum absolute atomic E-state index is 5.92. The summed E-state index contributed by atoms with van der Waals surface area (Å²) in [6, 6.07) is 9.00. The standard InChI is InChI=1S/C12H14N2/c13-11-5-2-6-12-10(11)7-8-14(12)9-3-1-4-9/h2,5-9H,1,3-4,13H2. The molecule has 2 N–H and O–H groups in total. The van der Waals surface area contributed by atoms with E-state index in [1.807, 2.05) is 12.1 Å². The highest BCUT2D eigenvalue weighted by atomic mass is 15.0. The van der Waals surface area contributed by atoms with Crippen LogP contribution in [0.25, 0.3) is 10.9 Å². The largest absolute Gasteiger partial charge is 0.398 e. The van der Waals surface area contributed by atoms with Gasteiger partial charge in [-0.1, -0.05) is 6.07 Å². The lowest BCUT2D eigenvalue weighted by Crippen LogP contribution is -2.15. The van der Waals surface area contributed by atoms with Crippen LogP contribution in [0.2, 0.25) is 0 Å². The van der Waals surface area contributed by atoms with E-state index < -0.39 is 0 Å². The molecule has 0 spiro atoms. The normalized spacial score (nSPS) is 17.1. The third-order valence-electron chi connectivity index (χ3n) is 3.26. The molecule has 1 saturated carbocycles. The van der Waals surface area contributed by atoms with Crippen LogP contribution in [0.1, 0.15) is 25.3 Å². The first-order valence-electron chi connectivity index (χ1n) is 5.21. The molecule has 14 heavy (non-hydrogen) atoms. The van der Waals surface area contributed by atoms with Gasteiger partial charge in [-0.3, -0.25) is 0 Å². The summed E-state index contributed by atoms with van der Waals surface area (Å²) in [6.45, 7) is 0. The van der Waals surface area contributed by atoms with Gasteiger partial charge in [-0.05, 0) is 37.5 Å². The molecule has 0 saturated heterocycles. The van der Waals surface area contributed by atoms with Crippen LogP contribution in [-0.2, 0) is 0 Å². The highest BCUT2D eigenvalue weighted by Crippen LogP contribution is 2.35. The van der Waals surface area contributed by atoms with Gasteiger partial charge in [-0.15, -0.1) is 0 Å². The Morgan fingerprint density at radius 3 is 2.79 bits per heavy atom. The molecule has 1 aromatic carbocycles. The average Bonchev–Trinajstić information content (AvgIpc) is 2.48. The molecule has 0 aliphatic heterocycles. The van der Waals surface area contributed by atoms with E-state index in [0.29, 0.717) is 6.04 Å². The second kappa shape index (κ2) is 2.77. The second-order valence-electron chi connectivity index (χ2n) is 4.09. The fourth-order valence-corrected chi connectivity index (χ4v) is 2.20. The zero-order chi connectivity index (χ0) is 9.54. The van der Waals surface area contributed by atoms with E-state index in [0.717, 1.165) is 5.69 Å². The summed E-state index contributed by atoms with van der Waals surface area (Å²) < 4.78 is 2.37. The van der Waals surface area contributed by atoms with Crippen LogP contribution in [0.4, 0.5) is 5.69 Å². The van der Waals surface area contributed by atoms with Crippen molar-refractivity contribution in [3.05, 3.63) is 30.5 Å². The van der Waals surface area contributed by atoms with Gasteiger partial charge in [-0.25, -0.2) is 0 Å². The minimum absolute atomic E-state index is 0.717. The fourth-order valence-electron chi connectivity index (χ4n) is 2.20. The highest BCUT2D eigenvalue weighted by Gasteiger charge is 2.20. The van der Waals surface area contributed by atoms with Crippen molar-refractivity contribution in [2.45, 2.75) is 25.3 Å². The third kappa shape index (κ3) is 0.969. The molecule has 2 aromatic rings. The molecule has 72 valence electrons. The molecule has 0 amide bonds. The summed E-state index contributed by atoms with van der Waals surface area (Å²) >= 11 is 0. The van der Waals surface area contributed by atoms with Crippen LogP contribution in [0.5, 0.6) is 0 Å². The molecule has 3 rings (SSSR count). The predicted octanol–water partition coefficient (Wildman–Crippen LogP) is 2.95. The van der Waals surface area contributed by atoms with Crippen molar-refractivity contribution in [3.63, 3.8) is 0 Å². The van der Waals surface area contributed by atoms with Gasteiger partial charge in [0.25, 0.3) is 0 Å². The van der Waals surface area contributed by atoms with Gasteiger partial charge >= 0.3 is 0 Å². The number of anilines is 1. The predicted molar refractivity (Wildman–Crippen MR) is 59.2 cm³/mol. The molecular formula is C12H14N2. The Bertz CT molecular complexity index is 466. The van der Waals surface area contributed by atoms with Crippen LogP contribution < -0.4 is 5.73 Å². The number of rotatable bonds is 1. The minimum Gasteiger partial charge on any atom is -0.398 e. The molecule has 1 aliphatic rings. The lowest BCUT2D eigenvalue weighted by Gasteiger charge is -2.28. The van der Waals surface area contributed by atoms with Gasteiger partial charge in [0, 0.05) is 23.3 Å². The molecular weight excluding hydrogens is 172 g/mol. The zero-order valence-electron chi connectivity index (χ0n) is 8.11. The van der Waals surface area contributed by atoms with Crippen molar-refractivity contribution < 1.29 is 0 Å². The Hall–Kier alpha value is -1.44. The van der Waals surface area contributed by atoms with Gasteiger partial charge in [0.1, 0.15) is 0 Å². The van der Waals surface area contributed by atoms with Gasteiger partial charge in [0.05, 0.1) is 5.52 Å². The number of hydrogen-bond acceptors (Lipinski definition) is 1. The van der Waals surface area contributed by atoms with Crippen molar-refractivity contribution in [1.82, 2.24) is 4.57 Å². The van der Waals surface area contributed by atoms with Crippen molar-refractivity contribution in [2.75, 3.05) is 5.73 Å². The summed E-state index contributed by atoms with van der Waals surface area (Å²) in [6.07, 6.45) is 6.18. The Morgan fingerprint density at radius 1 is 1.21 bits per heavy atom. The van der Waals surface area contributed by atoms with Gasteiger partial charge < -0.3 is 10.3 Å². The smallest absolute Gasteiger partial charge is 0.0503 e. The monoisotopic (exact) mass is 186 g/mol. The average molecular weight is 186 g/mol. The van der Waals surface area contributed by atoms with Crippen molar-refractivity contribution in [1.29, 1.82) is 0 Å². The number of aromatic nitrogens is 1. The topological polar surface area (TPSA) is 30.9 Å². The van der Waals surface area contributed by atoms with Crippen molar-refractivity contribution >= 4 is 16.6 Å².